The van der Waals surface area contributed by atoms with E-state index in [1.807, 2.05) is 30.0 Å². The molecule has 0 aromatic heterocycles. The van der Waals surface area contributed by atoms with Gasteiger partial charge in [-0.3, -0.25) is 0 Å². The first-order valence-electron chi connectivity index (χ1n) is 6.59. The first-order valence-corrected chi connectivity index (χ1v) is 6.59. The summed E-state index contributed by atoms with van der Waals surface area (Å²) in [7, 11) is 0. The number of nitrogen functional groups attached to an aromatic ring is 1. The van der Waals surface area contributed by atoms with Crippen molar-refractivity contribution in [3.8, 4) is 0 Å². The molecular formula is C14H21N3O. The minimum Gasteiger partial charge on any atom is -0.398 e. The van der Waals surface area contributed by atoms with Crippen LogP contribution in [-0.4, -0.2) is 24.0 Å². The van der Waals surface area contributed by atoms with Gasteiger partial charge >= 0.3 is 6.03 Å². The van der Waals surface area contributed by atoms with Crippen LogP contribution in [-0.2, 0) is 0 Å². The van der Waals surface area contributed by atoms with Crippen molar-refractivity contribution < 1.29 is 4.79 Å². The maximum absolute atomic E-state index is 12.2. The molecular weight excluding hydrogens is 226 g/mol. The Morgan fingerprint density at radius 1 is 1.22 bits per heavy atom. The van der Waals surface area contributed by atoms with Crippen LogP contribution in [0.4, 0.5) is 16.2 Å². The van der Waals surface area contributed by atoms with Crippen LogP contribution < -0.4 is 11.1 Å². The quantitative estimate of drug-likeness (QED) is 0.749. The van der Waals surface area contributed by atoms with E-state index < -0.39 is 0 Å². The number of carbonyl (C=O) groups is 1. The second-order valence-corrected chi connectivity index (χ2v) is 4.85. The number of hydrogen-bond acceptors (Lipinski definition) is 2. The number of nitrogens with two attached hydrogens (primary N) is 1. The lowest BCUT2D eigenvalue weighted by atomic mass is 10.1. The molecule has 0 unspecified atom stereocenters. The molecule has 0 aliphatic carbocycles. The van der Waals surface area contributed by atoms with Crippen molar-refractivity contribution in [2.45, 2.75) is 32.6 Å². The highest BCUT2D eigenvalue weighted by Crippen LogP contribution is 2.21. The van der Waals surface area contributed by atoms with Crippen molar-refractivity contribution in [3.05, 3.63) is 23.8 Å². The molecule has 0 atom stereocenters. The molecule has 2 amide bonds. The molecule has 18 heavy (non-hydrogen) atoms. The van der Waals surface area contributed by atoms with Crippen molar-refractivity contribution in [1.82, 2.24) is 4.90 Å². The van der Waals surface area contributed by atoms with Gasteiger partial charge in [-0.15, -0.1) is 0 Å². The number of benzene rings is 1. The van der Waals surface area contributed by atoms with E-state index in [1.54, 1.807) is 0 Å². The highest BCUT2D eigenvalue weighted by molar-refractivity contribution is 5.91. The number of hydrogen-bond donors (Lipinski definition) is 2. The summed E-state index contributed by atoms with van der Waals surface area (Å²) >= 11 is 0. The zero-order valence-electron chi connectivity index (χ0n) is 10.9. The molecule has 1 aliphatic rings. The number of amides is 2. The van der Waals surface area contributed by atoms with E-state index in [-0.39, 0.29) is 6.03 Å². The Morgan fingerprint density at radius 3 is 2.56 bits per heavy atom. The van der Waals surface area contributed by atoms with Gasteiger partial charge in [-0.25, -0.2) is 4.79 Å². The molecule has 1 heterocycles. The lowest BCUT2D eigenvalue weighted by Gasteiger charge is -2.21. The van der Waals surface area contributed by atoms with Crippen molar-refractivity contribution in [3.63, 3.8) is 0 Å². The molecule has 1 aliphatic heterocycles. The van der Waals surface area contributed by atoms with Crippen molar-refractivity contribution in [2.24, 2.45) is 0 Å². The Morgan fingerprint density at radius 2 is 1.89 bits per heavy atom. The lowest BCUT2D eigenvalue weighted by Crippen LogP contribution is -2.35. The second-order valence-electron chi connectivity index (χ2n) is 4.85. The normalized spacial score (nSPS) is 16.2. The van der Waals surface area contributed by atoms with Crippen LogP contribution in [0.2, 0.25) is 0 Å². The number of carbonyl (C=O) groups excluding carboxylic acids is 1. The molecule has 4 nitrogen and oxygen atoms in total. The molecule has 1 saturated heterocycles. The van der Waals surface area contributed by atoms with Crippen molar-refractivity contribution in [2.75, 3.05) is 24.1 Å². The van der Waals surface area contributed by atoms with Crippen molar-refractivity contribution in [1.29, 1.82) is 0 Å². The summed E-state index contributed by atoms with van der Waals surface area (Å²) in [4.78, 5) is 14.1. The Bertz CT molecular complexity index is 423. The molecule has 1 aromatic carbocycles. The van der Waals surface area contributed by atoms with Crippen molar-refractivity contribution >= 4 is 17.4 Å². The predicted molar refractivity (Wildman–Crippen MR) is 74.7 cm³/mol. The third-order valence-electron chi connectivity index (χ3n) is 3.51. The zero-order valence-corrected chi connectivity index (χ0v) is 10.9. The molecule has 2 rings (SSSR count). The maximum atomic E-state index is 12.2. The van der Waals surface area contributed by atoms with Crippen LogP contribution in [0.25, 0.3) is 0 Å². The van der Waals surface area contributed by atoms with Gasteiger partial charge in [0.25, 0.3) is 0 Å². The van der Waals surface area contributed by atoms with E-state index in [9.17, 15) is 4.79 Å². The van der Waals surface area contributed by atoms with Gasteiger partial charge in [0, 0.05) is 24.5 Å². The summed E-state index contributed by atoms with van der Waals surface area (Å²) in [6.07, 6.45) is 4.65. The standard InChI is InChI=1S/C14H21N3O/c1-11-12(15)7-6-8-13(11)16-14(18)17-9-4-2-3-5-10-17/h6-8H,2-5,9-10,15H2,1H3,(H,16,18). The summed E-state index contributed by atoms with van der Waals surface area (Å²) in [5.41, 5.74) is 8.29. The fraction of sp³-hybridized carbons (Fsp3) is 0.500. The first kappa shape index (κ1) is 12.7. The molecule has 1 aromatic rings. The third kappa shape index (κ3) is 2.94. The Balaban J connectivity index is 2.03. The highest BCUT2D eigenvalue weighted by atomic mass is 16.2. The Hall–Kier alpha value is -1.71. The van der Waals surface area contributed by atoms with Crippen LogP contribution in [0.3, 0.4) is 0 Å². The fourth-order valence-corrected chi connectivity index (χ4v) is 2.26. The molecule has 0 radical (unpaired) electrons. The first-order chi connectivity index (χ1) is 8.68. The van der Waals surface area contributed by atoms with Crippen LogP contribution in [0.15, 0.2) is 18.2 Å². The lowest BCUT2D eigenvalue weighted by molar-refractivity contribution is 0.214. The molecule has 0 saturated carbocycles. The fourth-order valence-electron chi connectivity index (χ4n) is 2.26. The van der Waals surface area contributed by atoms with Gasteiger partial charge in [-0.05, 0) is 37.5 Å². The van der Waals surface area contributed by atoms with E-state index in [4.69, 9.17) is 5.73 Å². The number of nitrogens with zero attached hydrogens (tertiary/aromatic N) is 1. The average molecular weight is 247 g/mol. The van der Waals surface area contributed by atoms with Gasteiger partial charge in [0.2, 0.25) is 0 Å². The van der Waals surface area contributed by atoms with Gasteiger partial charge in [0.1, 0.15) is 0 Å². The number of urea groups is 1. The number of likely N-dealkylation sites (tertiary alicyclic amines) is 1. The summed E-state index contributed by atoms with van der Waals surface area (Å²) < 4.78 is 0. The average Bonchev–Trinajstić information content (AvgIpc) is 2.63. The minimum atomic E-state index is -0.00870. The van der Waals surface area contributed by atoms with Gasteiger partial charge in [-0.2, -0.15) is 0 Å². The third-order valence-corrected chi connectivity index (χ3v) is 3.51. The van der Waals surface area contributed by atoms with Gasteiger partial charge in [0.05, 0.1) is 0 Å². The number of rotatable bonds is 1. The molecule has 0 bridgehead atoms. The summed E-state index contributed by atoms with van der Waals surface area (Å²) in [6.45, 7) is 3.63. The Kier molecular flexibility index (Phi) is 4.07. The summed E-state index contributed by atoms with van der Waals surface area (Å²) in [6, 6.07) is 5.59. The SMILES string of the molecule is Cc1c(N)cccc1NC(=O)N1CCCCCC1. The van der Waals surface area contributed by atoms with Crippen LogP contribution in [0.5, 0.6) is 0 Å². The van der Waals surface area contributed by atoms with Gasteiger partial charge in [-0.1, -0.05) is 18.9 Å². The van der Waals surface area contributed by atoms with Gasteiger partial charge < -0.3 is 16.0 Å². The number of anilines is 2. The van der Waals surface area contributed by atoms with Crippen LogP contribution in [0, 0.1) is 6.92 Å². The largest absolute Gasteiger partial charge is 0.398 e. The smallest absolute Gasteiger partial charge is 0.321 e. The topological polar surface area (TPSA) is 58.4 Å². The molecule has 1 fully saturated rings. The minimum absolute atomic E-state index is 0.00870. The molecule has 98 valence electrons. The molecule has 0 spiro atoms. The van der Waals surface area contributed by atoms with E-state index in [0.29, 0.717) is 5.69 Å². The highest BCUT2D eigenvalue weighted by Gasteiger charge is 2.16. The molecule has 4 heteroatoms. The van der Waals surface area contributed by atoms with E-state index >= 15 is 0 Å². The van der Waals surface area contributed by atoms with E-state index in [0.717, 1.165) is 37.2 Å². The maximum Gasteiger partial charge on any atom is 0.321 e. The van der Waals surface area contributed by atoms with Crippen LogP contribution >= 0.6 is 0 Å². The van der Waals surface area contributed by atoms with E-state index in [1.165, 1.54) is 12.8 Å². The predicted octanol–water partition coefficient (Wildman–Crippen LogP) is 2.99. The zero-order chi connectivity index (χ0) is 13.0. The number of nitrogens with one attached hydrogen (secondary N) is 1. The van der Waals surface area contributed by atoms with Gasteiger partial charge in [0.15, 0.2) is 0 Å². The summed E-state index contributed by atoms with van der Waals surface area (Å²) in [5.74, 6) is 0. The second kappa shape index (κ2) is 5.76. The van der Waals surface area contributed by atoms with Crippen LogP contribution in [0.1, 0.15) is 31.2 Å². The molecule has 3 N–H and O–H groups in total. The van der Waals surface area contributed by atoms with E-state index in [2.05, 4.69) is 5.32 Å². The summed E-state index contributed by atoms with van der Waals surface area (Å²) in [5, 5.41) is 2.96. The monoisotopic (exact) mass is 247 g/mol. The Labute approximate surface area is 108 Å².